The van der Waals surface area contributed by atoms with E-state index < -0.39 is 0 Å². The highest BCUT2D eigenvalue weighted by Crippen LogP contribution is 2.57. The molecule has 0 amide bonds. The topological polar surface area (TPSA) is 62.5 Å². The summed E-state index contributed by atoms with van der Waals surface area (Å²) < 4.78 is 0. The number of rotatable bonds is 5. The van der Waals surface area contributed by atoms with Crippen molar-refractivity contribution in [1.29, 1.82) is 5.26 Å². The van der Waals surface area contributed by atoms with Crippen LogP contribution < -0.4 is 0 Å². The lowest BCUT2D eigenvalue weighted by molar-refractivity contribution is 0.0772. The Kier molecular flexibility index (Phi) is 7.88. The minimum atomic E-state index is 0.246. The minimum Gasteiger partial charge on any atom is -0.208 e. The maximum atomic E-state index is 9.47. The minimum absolute atomic E-state index is 0.246. The van der Waals surface area contributed by atoms with Crippen LogP contribution in [0.4, 0.5) is 0 Å². The van der Waals surface area contributed by atoms with Crippen LogP contribution in [0.5, 0.6) is 0 Å². The van der Waals surface area contributed by atoms with E-state index in [0.29, 0.717) is 23.0 Å². The van der Waals surface area contributed by atoms with Gasteiger partial charge < -0.3 is 0 Å². The lowest BCUT2D eigenvalue weighted by atomic mass is 9.53. The fourth-order valence-corrected chi connectivity index (χ4v) is 10.1. The van der Waals surface area contributed by atoms with Crippen molar-refractivity contribution in [1.82, 2.24) is 15.0 Å². The highest BCUT2D eigenvalue weighted by atomic mass is 15.0. The van der Waals surface area contributed by atoms with E-state index in [9.17, 15) is 5.26 Å². The maximum absolute atomic E-state index is 9.47. The number of nitriles is 1. The lowest BCUT2D eigenvalue weighted by Crippen LogP contribution is -2.43. The number of fused-ring (bicyclic) bond motifs is 5. The molecule has 4 aromatic carbocycles. The van der Waals surface area contributed by atoms with Gasteiger partial charge in [-0.2, -0.15) is 5.26 Å². The molecule has 9 rings (SSSR count). The second kappa shape index (κ2) is 12.7. The molecular weight excluding hydrogens is 621 g/mol. The van der Waals surface area contributed by atoms with Crippen LogP contribution in [0, 0.1) is 29.1 Å². The first kappa shape index (κ1) is 31.6. The summed E-state index contributed by atoms with van der Waals surface area (Å²) in [5, 5.41) is 9.47. The molecule has 5 aromatic rings. The molecule has 5 atom stereocenters. The van der Waals surface area contributed by atoms with Gasteiger partial charge in [-0.05, 0) is 125 Å². The van der Waals surface area contributed by atoms with Gasteiger partial charge in [0.15, 0.2) is 17.5 Å². The third kappa shape index (κ3) is 5.75. The van der Waals surface area contributed by atoms with Crippen LogP contribution in [-0.2, 0) is 5.41 Å². The lowest BCUT2D eigenvalue weighted by Gasteiger charge is -2.52. The zero-order chi connectivity index (χ0) is 34.5. The second-order valence-corrected chi connectivity index (χ2v) is 15.6. The Morgan fingerprint density at radius 1 is 0.647 bits per heavy atom. The van der Waals surface area contributed by atoms with Crippen molar-refractivity contribution in [2.45, 2.75) is 63.7 Å². The van der Waals surface area contributed by atoms with Crippen LogP contribution in [0.25, 0.3) is 45.6 Å². The number of hydrogen-bond acceptors (Lipinski definition) is 4. The molecule has 0 spiro atoms. The van der Waals surface area contributed by atoms with Crippen LogP contribution in [0.3, 0.4) is 0 Å². The van der Waals surface area contributed by atoms with Gasteiger partial charge in [-0.1, -0.05) is 105 Å². The average molecular weight is 663 g/mol. The molecular formula is C47H42N4. The van der Waals surface area contributed by atoms with Crippen LogP contribution in [0.1, 0.15) is 86.4 Å². The van der Waals surface area contributed by atoms with Gasteiger partial charge in [-0.25, -0.2) is 15.0 Å². The molecule has 1 aromatic heterocycles. The van der Waals surface area contributed by atoms with Crippen LogP contribution in [0.2, 0.25) is 0 Å². The van der Waals surface area contributed by atoms with Crippen molar-refractivity contribution < 1.29 is 0 Å². The molecule has 4 aliphatic carbocycles. The van der Waals surface area contributed by atoms with Crippen molar-refractivity contribution in [3.8, 4) is 40.0 Å². The van der Waals surface area contributed by atoms with E-state index in [4.69, 9.17) is 15.0 Å². The molecule has 2 saturated carbocycles. The van der Waals surface area contributed by atoms with Gasteiger partial charge in [0, 0.05) is 22.6 Å². The highest BCUT2D eigenvalue weighted by Gasteiger charge is 2.47. The Morgan fingerprint density at radius 2 is 1.33 bits per heavy atom. The first-order valence-corrected chi connectivity index (χ1v) is 18.6. The molecule has 2 bridgehead atoms. The van der Waals surface area contributed by atoms with Crippen molar-refractivity contribution >= 4 is 11.6 Å². The Labute approximate surface area is 301 Å². The quantitative estimate of drug-likeness (QED) is 0.188. The van der Waals surface area contributed by atoms with Crippen LogP contribution in [-0.4, -0.2) is 15.0 Å². The molecule has 0 radical (unpaired) electrons. The average Bonchev–Trinajstić information content (AvgIpc) is 3.17. The predicted molar refractivity (Wildman–Crippen MR) is 206 cm³/mol. The summed E-state index contributed by atoms with van der Waals surface area (Å²) in [6, 6.07) is 35.7. The largest absolute Gasteiger partial charge is 0.208 e. The van der Waals surface area contributed by atoms with E-state index >= 15 is 0 Å². The predicted octanol–water partition coefficient (Wildman–Crippen LogP) is 11.4. The monoisotopic (exact) mass is 662 g/mol. The molecule has 3 unspecified atom stereocenters. The molecule has 250 valence electrons. The summed E-state index contributed by atoms with van der Waals surface area (Å²) >= 11 is 0. The molecule has 0 aliphatic heterocycles. The van der Waals surface area contributed by atoms with Crippen molar-refractivity contribution in [2.24, 2.45) is 17.8 Å². The maximum Gasteiger partial charge on any atom is 0.164 e. The Hall–Kier alpha value is -5.40. The zero-order valence-electron chi connectivity index (χ0n) is 29.4. The molecule has 2 fully saturated rings. The number of aromatic nitrogens is 3. The van der Waals surface area contributed by atoms with Crippen molar-refractivity contribution in [3.63, 3.8) is 0 Å². The Morgan fingerprint density at radius 3 is 2.10 bits per heavy atom. The molecule has 4 heteroatoms. The third-order valence-corrected chi connectivity index (χ3v) is 11.9. The molecule has 1 heterocycles. The first-order valence-electron chi connectivity index (χ1n) is 18.6. The van der Waals surface area contributed by atoms with Gasteiger partial charge in [-0.3, -0.25) is 0 Å². The van der Waals surface area contributed by atoms with E-state index in [0.717, 1.165) is 52.0 Å². The Bertz CT molecular complexity index is 2250. The van der Waals surface area contributed by atoms with E-state index in [1.807, 2.05) is 30.3 Å². The summed E-state index contributed by atoms with van der Waals surface area (Å²) in [5.74, 6) is 4.52. The summed E-state index contributed by atoms with van der Waals surface area (Å²) in [5.41, 5.74) is 11.8. The molecule has 4 aliphatic rings. The third-order valence-electron chi connectivity index (χ3n) is 11.9. The van der Waals surface area contributed by atoms with Crippen molar-refractivity contribution in [3.05, 3.63) is 149 Å². The molecule has 4 nitrogen and oxygen atoms in total. The van der Waals surface area contributed by atoms with E-state index in [1.165, 1.54) is 48.8 Å². The summed E-state index contributed by atoms with van der Waals surface area (Å²) in [6.07, 6.45) is 16.8. The number of allylic oxidation sites excluding steroid dienone is 5. The molecule has 0 N–H and O–H groups in total. The van der Waals surface area contributed by atoms with Gasteiger partial charge in [0.1, 0.15) is 0 Å². The normalized spacial score (nSPS) is 24.8. The first-order chi connectivity index (χ1) is 25.0. The van der Waals surface area contributed by atoms with E-state index in [2.05, 4.69) is 111 Å². The number of nitrogens with zero attached hydrogens (tertiary/aromatic N) is 4. The zero-order valence-corrected chi connectivity index (χ0v) is 29.4. The summed E-state index contributed by atoms with van der Waals surface area (Å²) in [4.78, 5) is 15.5. The summed E-state index contributed by atoms with van der Waals surface area (Å²) in [7, 11) is 0. The SMILES string of the molecule is C[C@@H]1CC2C[C@H](C)CC(c3cccc4c3C3CC=CC(c5nc(-c6ccc(C#N)cc6)nc(-c6cccc(-c7ccccc7)c6)n5)=C3C=C4)(C2)C1. The van der Waals surface area contributed by atoms with E-state index in [1.54, 1.807) is 5.56 Å². The van der Waals surface area contributed by atoms with Gasteiger partial charge in [0.2, 0.25) is 0 Å². The van der Waals surface area contributed by atoms with Gasteiger partial charge in [-0.15, -0.1) is 0 Å². The summed E-state index contributed by atoms with van der Waals surface area (Å²) in [6.45, 7) is 4.97. The Balaban J connectivity index is 1.19. The number of benzene rings is 4. The van der Waals surface area contributed by atoms with Gasteiger partial charge in [0.05, 0.1) is 11.6 Å². The van der Waals surface area contributed by atoms with Crippen LogP contribution in [0.15, 0.2) is 121 Å². The smallest absolute Gasteiger partial charge is 0.164 e. The fraction of sp³-hybridized carbons (Fsp3) is 0.277. The van der Waals surface area contributed by atoms with Crippen LogP contribution >= 0.6 is 0 Å². The second-order valence-electron chi connectivity index (χ2n) is 15.6. The van der Waals surface area contributed by atoms with Gasteiger partial charge >= 0.3 is 0 Å². The molecule has 51 heavy (non-hydrogen) atoms. The number of hydrogen-bond donors (Lipinski definition) is 0. The standard InChI is InChI=1S/C47H42N4/c1-30-23-33-24-31(2)27-47(26-30,28-33)42-16-7-11-35-21-22-39-40(43(35)42)14-8-15-41(39)46-50-44(36-19-17-32(29-48)18-20-36)49-45(51-46)38-13-6-12-37(25-38)34-9-4-3-5-10-34/h3-13,15-22,25,30-31,33,40H,14,23-24,26-28H2,1-2H3/t30-,31+,33?,40?,47?. The van der Waals surface area contributed by atoms with E-state index in [-0.39, 0.29) is 11.3 Å². The fourth-order valence-electron chi connectivity index (χ4n) is 10.1. The van der Waals surface area contributed by atoms with Gasteiger partial charge in [0.25, 0.3) is 0 Å². The highest BCUT2D eigenvalue weighted by molar-refractivity contribution is 5.84. The molecule has 0 saturated heterocycles. The van der Waals surface area contributed by atoms with Crippen molar-refractivity contribution in [2.75, 3.05) is 0 Å².